The molecule has 15 heavy (non-hydrogen) atoms. The Bertz CT molecular complexity index is 350. The smallest absolute Gasteiger partial charge is 0.0149 e. The van der Waals surface area contributed by atoms with Crippen molar-refractivity contribution in [3.05, 3.63) is 28.8 Å². The molecule has 0 aliphatic heterocycles. The molecule has 1 aromatic carbocycles. The highest BCUT2D eigenvalue weighted by molar-refractivity contribution is 14.1. The van der Waals surface area contributed by atoms with Gasteiger partial charge >= 0.3 is 0 Å². The number of alkyl halides is 1. The third-order valence-corrected chi connectivity index (χ3v) is 5.94. The van der Waals surface area contributed by atoms with Gasteiger partial charge in [0.05, 0.1) is 0 Å². The summed E-state index contributed by atoms with van der Waals surface area (Å²) in [7, 11) is 0. The fourth-order valence-corrected chi connectivity index (χ4v) is 4.54. The van der Waals surface area contributed by atoms with E-state index in [2.05, 4.69) is 67.3 Å². The molecule has 0 nitrogen and oxygen atoms in total. The number of hydrogen-bond acceptors (Lipinski definition) is 1. The molecule has 2 atom stereocenters. The summed E-state index contributed by atoms with van der Waals surface area (Å²) >= 11 is 4.62. The molecule has 2 rings (SSSR count). The summed E-state index contributed by atoms with van der Waals surface area (Å²) in [6.45, 7) is 6.64. The summed E-state index contributed by atoms with van der Waals surface area (Å²) < 4.78 is 0.946. The number of rotatable bonds is 3. The van der Waals surface area contributed by atoms with Gasteiger partial charge in [0.2, 0.25) is 0 Å². The summed E-state index contributed by atoms with van der Waals surface area (Å²) in [5.41, 5.74) is 4.28. The average molecular weight is 332 g/mol. The highest BCUT2D eigenvalue weighted by Crippen LogP contribution is 2.42. The van der Waals surface area contributed by atoms with Crippen molar-refractivity contribution in [1.82, 2.24) is 0 Å². The molecule has 1 saturated carbocycles. The van der Waals surface area contributed by atoms with E-state index >= 15 is 0 Å². The molecule has 1 aliphatic rings. The molecule has 2 heteroatoms. The van der Waals surface area contributed by atoms with Gasteiger partial charge < -0.3 is 0 Å². The standard InChI is InChI=1S/C13H17IS/c1-8-4-9(2)13(10(3)5-8)15-7-11-6-12(11)14/h4-5,11-12H,6-7H2,1-3H3/t11-,12-/m1/s1. The van der Waals surface area contributed by atoms with E-state index in [4.69, 9.17) is 0 Å². The van der Waals surface area contributed by atoms with E-state index in [1.165, 1.54) is 33.8 Å². The normalized spacial score (nSPS) is 24.3. The molecule has 0 radical (unpaired) electrons. The first kappa shape index (κ1) is 11.8. The maximum Gasteiger partial charge on any atom is 0.0149 e. The largest absolute Gasteiger partial charge is 0.125 e. The summed E-state index contributed by atoms with van der Waals surface area (Å²) in [5, 5.41) is 0. The zero-order valence-electron chi connectivity index (χ0n) is 9.51. The molecular formula is C13H17IS. The summed E-state index contributed by atoms with van der Waals surface area (Å²) in [6, 6.07) is 4.59. The lowest BCUT2D eigenvalue weighted by Crippen LogP contribution is -1.91. The molecule has 0 bridgehead atoms. The van der Waals surface area contributed by atoms with Gasteiger partial charge in [-0.05, 0) is 44.2 Å². The van der Waals surface area contributed by atoms with Crippen LogP contribution in [0.25, 0.3) is 0 Å². The van der Waals surface area contributed by atoms with Crippen LogP contribution in [0.3, 0.4) is 0 Å². The Morgan fingerprint density at radius 1 is 1.27 bits per heavy atom. The van der Waals surface area contributed by atoms with Crippen molar-refractivity contribution in [2.24, 2.45) is 5.92 Å². The third-order valence-electron chi connectivity index (χ3n) is 2.88. The van der Waals surface area contributed by atoms with Crippen LogP contribution in [0.1, 0.15) is 23.1 Å². The molecule has 1 aliphatic carbocycles. The van der Waals surface area contributed by atoms with Crippen LogP contribution in [0.2, 0.25) is 0 Å². The van der Waals surface area contributed by atoms with Crippen LogP contribution in [-0.4, -0.2) is 9.68 Å². The molecule has 0 saturated heterocycles. The fourth-order valence-electron chi connectivity index (χ4n) is 1.97. The Kier molecular flexibility index (Phi) is 3.66. The van der Waals surface area contributed by atoms with Crippen LogP contribution in [0.4, 0.5) is 0 Å². The van der Waals surface area contributed by atoms with E-state index in [1.54, 1.807) is 0 Å². The quantitative estimate of drug-likeness (QED) is 0.445. The van der Waals surface area contributed by atoms with Crippen molar-refractivity contribution >= 4 is 34.4 Å². The van der Waals surface area contributed by atoms with Crippen molar-refractivity contribution in [3.8, 4) is 0 Å². The van der Waals surface area contributed by atoms with Crippen LogP contribution in [0.15, 0.2) is 17.0 Å². The molecule has 82 valence electrons. The minimum absolute atomic E-state index is 0.946. The lowest BCUT2D eigenvalue weighted by molar-refractivity contribution is 1.01. The molecule has 1 fully saturated rings. The minimum Gasteiger partial charge on any atom is -0.125 e. The fraction of sp³-hybridized carbons (Fsp3) is 0.538. The van der Waals surface area contributed by atoms with E-state index in [-0.39, 0.29) is 0 Å². The van der Waals surface area contributed by atoms with Gasteiger partial charge in [0.15, 0.2) is 0 Å². The number of halogens is 1. The van der Waals surface area contributed by atoms with Crippen LogP contribution in [-0.2, 0) is 0 Å². The monoisotopic (exact) mass is 332 g/mol. The van der Waals surface area contributed by atoms with Crippen LogP contribution in [0, 0.1) is 26.7 Å². The Balaban J connectivity index is 2.06. The Hall–Kier alpha value is 0.300. The van der Waals surface area contributed by atoms with Crippen LogP contribution >= 0.6 is 34.4 Å². The molecule has 0 aromatic heterocycles. The summed E-state index contributed by atoms with van der Waals surface area (Å²) in [4.78, 5) is 1.51. The first-order valence-electron chi connectivity index (χ1n) is 5.42. The zero-order chi connectivity index (χ0) is 11.0. The maximum atomic E-state index is 2.57. The van der Waals surface area contributed by atoms with E-state index < -0.39 is 0 Å². The Morgan fingerprint density at radius 2 is 1.80 bits per heavy atom. The van der Waals surface area contributed by atoms with Crippen molar-refractivity contribution in [1.29, 1.82) is 0 Å². The molecule has 0 unspecified atom stereocenters. The molecule has 0 amide bonds. The van der Waals surface area contributed by atoms with E-state index in [9.17, 15) is 0 Å². The highest BCUT2D eigenvalue weighted by atomic mass is 127. The molecular weight excluding hydrogens is 315 g/mol. The van der Waals surface area contributed by atoms with E-state index in [0.717, 1.165) is 9.84 Å². The highest BCUT2D eigenvalue weighted by Gasteiger charge is 2.34. The number of thioether (sulfide) groups is 1. The SMILES string of the molecule is Cc1cc(C)c(SC[C@H]2C[C@H]2I)c(C)c1. The second-order valence-electron chi connectivity index (χ2n) is 4.55. The van der Waals surface area contributed by atoms with Gasteiger partial charge in [0, 0.05) is 14.6 Å². The van der Waals surface area contributed by atoms with Gasteiger partial charge in [-0.15, -0.1) is 11.8 Å². The molecule has 0 spiro atoms. The molecule has 1 aromatic rings. The predicted octanol–water partition coefficient (Wildman–Crippen LogP) is 4.53. The maximum absolute atomic E-state index is 2.57. The van der Waals surface area contributed by atoms with Crippen molar-refractivity contribution in [2.75, 3.05) is 5.75 Å². The second kappa shape index (κ2) is 4.66. The number of benzene rings is 1. The number of hydrogen-bond donors (Lipinski definition) is 0. The van der Waals surface area contributed by atoms with Crippen LogP contribution < -0.4 is 0 Å². The Labute approximate surface area is 110 Å². The average Bonchev–Trinajstić information content (AvgIpc) is 2.80. The van der Waals surface area contributed by atoms with Gasteiger partial charge in [0.25, 0.3) is 0 Å². The van der Waals surface area contributed by atoms with Crippen molar-refractivity contribution in [3.63, 3.8) is 0 Å². The first-order valence-corrected chi connectivity index (χ1v) is 7.66. The van der Waals surface area contributed by atoms with Crippen molar-refractivity contribution in [2.45, 2.75) is 36.0 Å². The van der Waals surface area contributed by atoms with Gasteiger partial charge in [0.1, 0.15) is 0 Å². The van der Waals surface area contributed by atoms with Crippen LogP contribution in [0.5, 0.6) is 0 Å². The lowest BCUT2D eigenvalue weighted by atomic mass is 10.1. The molecule has 0 heterocycles. The van der Waals surface area contributed by atoms with E-state index in [0.29, 0.717) is 0 Å². The first-order chi connectivity index (χ1) is 7.08. The van der Waals surface area contributed by atoms with Crippen molar-refractivity contribution < 1.29 is 0 Å². The third kappa shape index (κ3) is 2.90. The number of aryl methyl sites for hydroxylation is 3. The summed E-state index contributed by atoms with van der Waals surface area (Å²) in [5.74, 6) is 2.27. The van der Waals surface area contributed by atoms with Gasteiger partial charge in [-0.25, -0.2) is 0 Å². The predicted molar refractivity (Wildman–Crippen MR) is 77.3 cm³/mol. The van der Waals surface area contributed by atoms with Gasteiger partial charge in [-0.3, -0.25) is 0 Å². The topological polar surface area (TPSA) is 0 Å². The zero-order valence-corrected chi connectivity index (χ0v) is 12.5. The second-order valence-corrected chi connectivity index (χ2v) is 7.18. The lowest BCUT2D eigenvalue weighted by Gasteiger charge is -2.10. The summed E-state index contributed by atoms with van der Waals surface area (Å²) in [6.07, 6.45) is 1.43. The van der Waals surface area contributed by atoms with Gasteiger partial charge in [-0.1, -0.05) is 40.3 Å². The molecule has 0 N–H and O–H groups in total. The van der Waals surface area contributed by atoms with E-state index in [1.807, 2.05) is 0 Å². The Morgan fingerprint density at radius 3 is 2.27 bits per heavy atom. The minimum atomic E-state index is 0.946. The van der Waals surface area contributed by atoms with Gasteiger partial charge in [-0.2, -0.15) is 0 Å².